The molecule has 2 N–H and O–H groups in total. The van der Waals surface area contributed by atoms with Crippen LogP contribution in [0.2, 0.25) is 0 Å². The summed E-state index contributed by atoms with van der Waals surface area (Å²) in [5, 5.41) is 7.52. The van der Waals surface area contributed by atoms with E-state index in [1.165, 1.54) is 4.68 Å². The highest BCUT2D eigenvalue weighted by atomic mass is 16.5. The highest BCUT2D eigenvalue weighted by molar-refractivity contribution is 6.05. The van der Waals surface area contributed by atoms with Crippen LogP contribution in [0.5, 0.6) is 23.0 Å². The van der Waals surface area contributed by atoms with E-state index in [4.69, 9.17) is 18.9 Å². The number of amides is 1. The number of ether oxygens (including phenoxy) is 4. The number of nitrogens with zero attached hydrogens (tertiary/aromatic N) is 2. The van der Waals surface area contributed by atoms with Crippen LogP contribution in [0.3, 0.4) is 0 Å². The van der Waals surface area contributed by atoms with Gasteiger partial charge in [-0.15, -0.1) is 0 Å². The molecule has 10 heteroatoms. The molecule has 0 atom stereocenters. The molecule has 214 valence electrons. The van der Waals surface area contributed by atoms with Crippen LogP contribution in [-0.4, -0.2) is 48.3 Å². The van der Waals surface area contributed by atoms with Crippen molar-refractivity contribution in [3.05, 3.63) is 88.2 Å². The molecular weight excluding hydrogens is 524 g/mol. The molecule has 0 fully saturated rings. The molecule has 0 aliphatic carbocycles. The summed E-state index contributed by atoms with van der Waals surface area (Å²) in [5.41, 5.74) is 5.14. The van der Waals surface area contributed by atoms with E-state index in [1.807, 2.05) is 75.4 Å². The van der Waals surface area contributed by atoms with Gasteiger partial charge in [0.1, 0.15) is 5.75 Å². The van der Waals surface area contributed by atoms with Gasteiger partial charge in [0.05, 0.1) is 49.6 Å². The van der Waals surface area contributed by atoms with Gasteiger partial charge in [-0.05, 0) is 76.2 Å². The molecule has 1 aromatic heterocycles. The minimum absolute atomic E-state index is 0.267. The quantitative estimate of drug-likeness (QED) is 0.183. The van der Waals surface area contributed by atoms with Crippen molar-refractivity contribution >= 4 is 11.6 Å². The highest BCUT2D eigenvalue weighted by Gasteiger charge is 2.21. The first-order valence-corrected chi connectivity index (χ1v) is 13.4. The number of aromatic nitrogens is 2. The molecule has 0 aliphatic rings. The van der Waals surface area contributed by atoms with Crippen LogP contribution in [0.25, 0.3) is 16.9 Å². The number of carbonyl (C=O) groups excluding carboxylic acids is 1. The summed E-state index contributed by atoms with van der Waals surface area (Å²) in [4.78, 5) is 26.9. The molecule has 0 spiro atoms. The molecule has 1 heterocycles. The number of nitrogens with one attached hydrogen (secondary N) is 2. The molecule has 41 heavy (non-hydrogen) atoms. The molecule has 0 radical (unpaired) electrons. The van der Waals surface area contributed by atoms with Gasteiger partial charge in [-0.25, -0.2) is 10.1 Å². The summed E-state index contributed by atoms with van der Waals surface area (Å²) in [6.45, 7) is 8.38. The second-order valence-corrected chi connectivity index (χ2v) is 8.81. The van der Waals surface area contributed by atoms with E-state index in [0.717, 1.165) is 5.56 Å². The van der Waals surface area contributed by atoms with Crippen molar-refractivity contribution < 1.29 is 23.7 Å². The maximum atomic E-state index is 13.6. The predicted octanol–water partition coefficient (Wildman–Crippen LogP) is 5.19. The van der Waals surface area contributed by atoms with Crippen molar-refractivity contribution in [1.82, 2.24) is 15.2 Å². The van der Waals surface area contributed by atoms with E-state index in [-0.39, 0.29) is 11.1 Å². The first kappa shape index (κ1) is 29.0. The smallest absolute Gasteiger partial charge is 0.281 e. The monoisotopic (exact) mass is 558 g/mol. The number of hydrazone groups is 1. The summed E-state index contributed by atoms with van der Waals surface area (Å²) in [6.07, 6.45) is 0. The van der Waals surface area contributed by atoms with Crippen molar-refractivity contribution in [1.29, 1.82) is 0 Å². The average molecular weight is 559 g/mol. The van der Waals surface area contributed by atoms with E-state index in [1.54, 1.807) is 26.2 Å². The van der Waals surface area contributed by atoms with Gasteiger partial charge in [0.15, 0.2) is 11.5 Å². The Bertz CT molecular complexity index is 1550. The van der Waals surface area contributed by atoms with Crippen molar-refractivity contribution in [3.8, 4) is 39.9 Å². The summed E-state index contributed by atoms with van der Waals surface area (Å²) in [7, 11) is 1.59. The molecule has 1 amide bonds. The Kier molecular flexibility index (Phi) is 9.47. The predicted molar refractivity (Wildman–Crippen MR) is 158 cm³/mol. The largest absolute Gasteiger partial charge is 0.497 e. The Morgan fingerprint density at radius 2 is 1.51 bits per heavy atom. The molecule has 0 saturated heterocycles. The zero-order valence-corrected chi connectivity index (χ0v) is 23.8. The SMILES string of the molecule is CCOc1cc(C(=O)N/N=C(\C)c2c(-c3ccc(OC)cc3)[nH]n(-c3ccccc3)c2=O)cc(OCC)c1OCC. The molecular formula is C31H34N4O6. The van der Waals surface area contributed by atoms with E-state index in [0.29, 0.717) is 65.5 Å². The number of carbonyl (C=O) groups is 1. The molecule has 10 nitrogen and oxygen atoms in total. The van der Waals surface area contributed by atoms with Gasteiger partial charge in [0.2, 0.25) is 5.75 Å². The summed E-state index contributed by atoms with van der Waals surface area (Å²) < 4.78 is 23.9. The van der Waals surface area contributed by atoms with Crippen LogP contribution in [0.15, 0.2) is 76.6 Å². The van der Waals surface area contributed by atoms with E-state index >= 15 is 0 Å². The van der Waals surface area contributed by atoms with Gasteiger partial charge in [-0.1, -0.05) is 18.2 Å². The summed E-state index contributed by atoms with van der Waals surface area (Å²) >= 11 is 0. The second-order valence-electron chi connectivity index (χ2n) is 8.81. The van der Waals surface area contributed by atoms with Crippen molar-refractivity contribution in [2.24, 2.45) is 5.10 Å². The van der Waals surface area contributed by atoms with Gasteiger partial charge in [-0.2, -0.15) is 5.10 Å². The molecule has 0 unspecified atom stereocenters. The van der Waals surface area contributed by atoms with Crippen molar-refractivity contribution in [2.75, 3.05) is 26.9 Å². The van der Waals surface area contributed by atoms with Crippen LogP contribution in [0.1, 0.15) is 43.6 Å². The molecule has 0 bridgehead atoms. The first-order valence-electron chi connectivity index (χ1n) is 13.4. The lowest BCUT2D eigenvalue weighted by Gasteiger charge is -2.16. The topological polar surface area (TPSA) is 116 Å². The summed E-state index contributed by atoms with van der Waals surface area (Å²) in [6, 6.07) is 19.7. The number of hydrogen-bond acceptors (Lipinski definition) is 7. The maximum Gasteiger partial charge on any atom is 0.281 e. The number of methoxy groups -OCH3 is 1. The lowest BCUT2D eigenvalue weighted by Crippen LogP contribution is -2.23. The first-order chi connectivity index (χ1) is 19.9. The fraction of sp³-hybridized carbons (Fsp3) is 0.258. The van der Waals surface area contributed by atoms with Gasteiger partial charge in [0.25, 0.3) is 11.5 Å². The highest BCUT2D eigenvalue weighted by Crippen LogP contribution is 2.39. The average Bonchev–Trinajstić information content (AvgIpc) is 3.34. The molecule has 0 saturated carbocycles. The number of hydrogen-bond donors (Lipinski definition) is 2. The Balaban J connectivity index is 1.73. The minimum Gasteiger partial charge on any atom is -0.497 e. The normalized spacial score (nSPS) is 11.2. The van der Waals surface area contributed by atoms with Gasteiger partial charge < -0.3 is 18.9 Å². The molecule has 0 aliphatic heterocycles. The van der Waals surface area contributed by atoms with Crippen molar-refractivity contribution in [2.45, 2.75) is 27.7 Å². The fourth-order valence-electron chi connectivity index (χ4n) is 4.27. The summed E-state index contributed by atoms with van der Waals surface area (Å²) in [5.74, 6) is 1.41. The van der Waals surface area contributed by atoms with Gasteiger partial charge >= 0.3 is 0 Å². The third kappa shape index (κ3) is 6.43. The zero-order chi connectivity index (χ0) is 29.4. The number of para-hydroxylation sites is 1. The Morgan fingerprint density at radius 1 is 0.902 bits per heavy atom. The van der Waals surface area contributed by atoms with Crippen molar-refractivity contribution in [3.63, 3.8) is 0 Å². The Labute approximate surface area is 238 Å². The standard InChI is InChI=1S/C31H34N4O6/c1-6-39-25-18-22(19-26(40-7-2)29(25)41-8-3)30(36)33-32-20(4)27-28(21-14-16-24(38-5)17-15-21)34-35(31(27)37)23-12-10-9-11-13-23/h9-19,34H,6-8H2,1-5H3,(H,33,36)/b32-20+. The fourth-order valence-corrected chi connectivity index (χ4v) is 4.27. The second kappa shape index (κ2) is 13.4. The number of rotatable bonds is 12. The van der Waals surface area contributed by atoms with Gasteiger partial charge in [-0.3, -0.25) is 14.7 Å². The van der Waals surface area contributed by atoms with Crippen LogP contribution < -0.4 is 29.9 Å². The third-order valence-corrected chi connectivity index (χ3v) is 6.14. The van der Waals surface area contributed by atoms with E-state index in [9.17, 15) is 9.59 Å². The minimum atomic E-state index is -0.501. The lowest BCUT2D eigenvalue weighted by molar-refractivity contribution is 0.0953. The third-order valence-electron chi connectivity index (χ3n) is 6.14. The van der Waals surface area contributed by atoms with E-state index < -0.39 is 5.91 Å². The maximum absolute atomic E-state index is 13.6. The van der Waals surface area contributed by atoms with Crippen LogP contribution >= 0.6 is 0 Å². The number of aromatic amines is 1. The van der Waals surface area contributed by atoms with Crippen LogP contribution in [-0.2, 0) is 0 Å². The van der Waals surface area contributed by atoms with Crippen LogP contribution in [0, 0.1) is 0 Å². The molecule has 4 rings (SSSR count). The lowest BCUT2D eigenvalue weighted by atomic mass is 10.1. The molecule has 4 aromatic rings. The van der Waals surface area contributed by atoms with Gasteiger partial charge in [0, 0.05) is 11.1 Å². The number of H-pyrrole nitrogens is 1. The Hall–Kier alpha value is -4.99. The molecule has 3 aromatic carbocycles. The Morgan fingerprint density at radius 3 is 2.07 bits per heavy atom. The zero-order valence-electron chi connectivity index (χ0n) is 23.8. The van der Waals surface area contributed by atoms with E-state index in [2.05, 4.69) is 15.6 Å². The number of benzene rings is 3. The van der Waals surface area contributed by atoms with Crippen LogP contribution in [0.4, 0.5) is 0 Å².